The third-order valence-electron chi connectivity index (χ3n) is 3.35. The van der Waals surface area contributed by atoms with Gasteiger partial charge >= 0.3 is 11.8 Å². The molecule has 0 N–H and O–H groups in total. The zero-order valence-electron chi connectivity index (χ0n) is 10.9. The largest absolute Gasteiger partial charge is 0.411 e. The molecule has 0 spiro atoms. The Morgan fingerprint density at radius 1 is 1.45 bits per heavy atom. The summed E-state index contributed by atoms with van der Waals surface area (Å²) in [6.45, 7) is 2.28. The molecule has 8 heteroatoms. The number of aromatic nitrogens is 3. The molecule has 3 rings (SSSR count). The number of piperidine rings is 1. The number of carbonyl (C=O) groups is 1. The van der Waals surface area contributed by atoms with Gasteiger partial charge in [-0.3, -0.25) is 4.79 Å². The van der Waals surface area contributed by atoms with Crippen LogP contribution >= 0.6 is 11.3 Å². The molecule has 6 nitrogen and oxygen atoms in total. The normalized spacial score (nSPS) is 18.2. The first kappa shape index (κ1) is 13.2. The van der Waals surface area contributed by atoms with E-state index in [2.05, 4.69) is 15.2 Å². The van der Waals surface area contributed by atoms with E-state index in [4.69, 9.17) is 4.42 Å². The summed E-state index contributed by atoms with van der Waals surface area (Å²) in [5.74, 6) is -0.202. The molecule has 20 heavy (non-hydrogen) atoms. The second kappa shape index (κ2) is 4.93. The van der Waals surface area contributed by atoms with Crippen molar-refractivity contribution in [2.45, 2.75) is 25.4 Å². The Hall–Kier alpha value is -1.83. The van der Waals surface area contributed by atoms with Gasteiger partial charge in [0, 0.05) is 18.5 Å². The molecule has 0 aliphatic carbocycles. The van der Waals surface area contributed by atoms with Crippen LogP contribution < -0.4 is 0 Å². The molecule has 3 heterocycles. The maximum Gasteiger partial charge on any atom is 0.311 e. The van der Waals surface area contributed by atoms with E-state index in [1.54, 1.807) is 22.7 Å². The summed E-state index contributed by atoms with van der Waals surface area (Å²) >= 11 is 1.40. The second-order valence-corrected chi connectivity index (χ2v) is 5.71. The Morgan fingerprint density at radius 2 is 2.20 bits per heavy atom. The highest BCUT2D eigenvalue weighted by Gasteiger charge is 2.33. The fourth-order valence-corrected chi connectivity index (χ4v) is 2.57. The van der Waals surface area contributed by atoms with Gasteiger partial charge in [0.15, 0.2) is 0 Å². The number of carbonyl (C=O) groups excluding carboxylic acids is 1. The summed E-state index contributed by atoms with van der Waals surface area (Å²) in [6.07, 6.45) is 0.650. The molecule has 1 aliphatic heterocycles. The minimum absolute atomic E-state index is 0.0736. The van der Waals surface area contributed by atoms with Crippen molar-refractivity contribution in [1.29, 1.82) is 0 Å². The van der Waals surface area contributed by atoms with Crippen molar-refractivity contribution >= 4 is 17.2 Å². The molecule has 0 radical (unpaired) electrons. The molecule has 1 saturated heterocycles. The summed E-state index contributed by atoms with van der Waals surface area (Å²) in [5, 5.41) is 9.32. The van der Waals surface area contributed by atoms with Crippen LogP contribution in [0.1, 0.15) is 30.5 Å². The Morgan fingerprint density at radius 3 is 2.85 bits per heavy atom. The van der Waals surface area contributed by atoms with Crippen LogP contribution in [0.2, 0.25) is 0 Å². The number of alkyl halides is 1. The average molecular weight is 296 g/mol. The third kappa shape index (κ3) is 2.55. The third-order valence-corrected chi connectivity index (χ3v) is 3.94. The van der Waals surface area contributed by atoms with Gasteiger partial charge in [0.2, 0.25) is 0 Å². The summed E-state index contributed by atoms with van der Waals surface area (Å²) < 4.78 is 19.0. The van der Waals surface area contributed by atoms with E-state index in [-0.39, 0.29) is 17.7 Å². The van der Waals surface area contributed by atoms with Crippen molar-refractivity contribution in [1.82, 2.24) is 20.1 Å². The summed E-state index contributed by atoms with van der Waals surface area (Å²) in [5.41, 5.74) is 1.00. The zero-order chi connectivity index (χ0) is 14.2. The molecule has 1 fully saturated rings. The number of amides is 1. The average Bonchev–Trinajstić information content (AvgIpc) is 3.09. The fraction of sp³-hybridized carbons (Fsp3) is 0.500. The number of thiazole rings is 1. The number of rotatable bonds is 2. The number of halogens is 1. The minimum atomic E-state index is -1.20. The fourth-order valence-electron chi connectivity index (χ4n) is 2.04. The van der Waals surface area contributed by atoms with Crippen molar-refractivity contribution in [2.75, 3.05) is 13.1 Å². The Kier molecular flexibility index (Phi) is 3.25. The quantitative estimate of drug-likeness (QED) is 0.849. The number of hydrogen-bond acceptors (Lipinski definition) is 6. The van der Waals surface area contributed by atoms with Crippen LogP contribution in [0.3, 0.4) is 0 Å². The molecular formula is C12H13FN4O2S. The van der Waals surface area contributed by atoms with Gasteiger partial charge in [-0.15, -0.1) is 21.5 Å². The number of hydrogen-bond donors (Lipinski definition) is 0. The van der Waals surface area contributed by atoms with Gasteiger partial charge in [-0.05, 0) is 19.8 Å². The van der Waals surface area contributed by atoms with Gasteiger partial charge in [-0.2, -0.15) is 0 Å². The van der Waals surface area contributed by atoms with Crippen molar-refractivity contribution < 1.29 is 13.6 Å². The van der Waals surface area contributed by atoms with E-state index in [9.17, 15) is 9.18 Å². The molecule has 2 aromatic heterocycles. The second-order valence-electron chi connectivity index (χ2n) is 4.99. The number of likely N-dealkylation sites (tertiary alicyclic amines) is 1. The summed E-state index contributed by atoms with van der Waals surface area (Å²) in [4.78, 5) is 17.8. The highest BCUT2D eigenvalue weighted by Crippen LogP contribution is 2.26. The molecule has 1 aliphatic rings. The van der Waals surface area contributed by atoms with Gasteiger partial charge in [-0.1, -0.05) is 0 Å². The lowest BCUT2D eigenvalue weighted by Gasteiger charge is -2.33. The maximum atomic E-state index is 13.7. The molecular weight excluding hydrogens is 283 g/mol. The van der Waals surface area contributed by atoms with Crippen LogP contribution in [0.4, 0.5) is 4.39 Å². The lowest BCUT2D eigenvalue weighted by Crippen LogP contribution is -2.43. The lowest BCUT2D eigenvalue weighted by atomic mass is 9.96. The molecule has 0 atom stereocenters. The predicted octanol–water partition coefficient (Wildman–Crippen LogP) is 2.16. The molecule has 0 unspecified atom stereocenters. The first-order valence-corrected chi connectivity index (χ1v) is 7.20. The van der Waals surface area contributed by atoms with E-state index in [1.807, 2.05) is 0 Å². The summed E-state index contributed by atoms with van der Waals surface area (Å²) in [7, 11) is 0. The van der Waals surface area contributed by atoms with E-state index in [0.717, 1.165) is 0 Å². The van der Waals surface area contributed by atoms with E-state index in [0.29, 0.717) is 31.6 Å². The van der Waals surface area contributed by atoms with Crippen molar-refractivity contribution in [3.63, 3.8) is 0 Å². The highest BCUT2D eigenvalue weighted by atomic mass is 32.1. The lowest BCUT2D eigenvalue weighted by molar-refractivity contribution is 0.0472. The Balaban J connectivity index is 1.72. The predicted molar refractivity (Wildman–Crippen MR) is 70.1 cm³/mol. The van der Waals surface area contributed by atoms with Crippen LogP contribution in [-0.4, -0.2) is 44.7 Å². The molecule has 0 saturated carbocycles. The molecule has 2 aromatic rings. The van der Waals surface area contributed by atoms with E-state index >= 15 is 0 Å². The van der Waals surface area contributed by atoms with Crippen molar-refractivity contribution in [2.24, 2.45) is 0 Å². The maximum absolute atomic E-state index is 13.7. The van der Waals surface area contributed by atoms with Gasteiger partial charge in [-0.25, -0.2) is 9.37 Å². The topological polar surface area (TPSA) is 72.1 Å². The van der Waals surface area contributed by atoms with Gasteiger partial charge in [0.25, 0.3) is 5.89 Å². The van der Waals surface area contributed by atoms with Crippen LogP contribution in [0.5, 0.6) is 0 Å². The van der Waals surface area contributed by atoms with Crippen molar-refractivity contribution in [3.8, 4) is 11.6 Å². The van der Waals surface area contributed by atoms with E-state index < -0.39 is 5.67 Å². The number of nitrogens with zero attached hydrogens (tertiary/aromatic N) is 4. The van der Waals surface area contributed by atoms with Crippen LogP contribution in [0.15, 0.2) is 15.3 Å². The van der Waals surface area contributed by atoms with Crippen LogP contribution in [-0.2, 0) is 0 Å². The van der Waals surface area contributed by atoms with Crippen LogP contribution in [0, 0.1) is 0 Å². The van der Waals surface area contributed by atoms with Gasteiger partial charge in [0.1, 0.15) is 11.4 Å². The monoisotopic (exact) mass is 296 g/mol. The minimum Gasteiger partial charge on any atom is -0.411 e. The van der Waals surface area contributed by atoms with Crippen LogP contribution in [0.25, 0.3) is 11.6 Å². The zero-order valence-corrected chi connectivity index (χ0v) is 11.7. The van der Waals surface area contributed by atoms with Gasteiger partial charge in [0.05, 0.1) is 5.51 Å². The van der Waals surface area contributed by atoms with Crippen molar-refractivity contribution in [3.05, 3.63) is 16.8 Å². The Bertz CT molecular complexity index is 601. The standard InChI is InChI=1S/C12H13FN4O2S/c1-12(13)2-4-17(5-3-12)11(18)10-16-15-9(19-10)8-6-20-7-14-8/h6-7H,2-5H2,1H3. The van der Waals surface area contributed by atoms with Gasteiger partial charge < -0.3 is 9.32 Å². The molecule has 1 amide bonds. The Labute approximate surface area is 118 Å². The first-order chi connectivity index (χ1) is 9.55. The first-order valence-electron chi connectivity index (χ1n) is 6.25. The summed E-state index contributed by atoms with van der Waals surface area (Å²) in [6, 6.07) is 0. The molecule has 0 bridgehead atoms. The molecule has 106 valence electrons. The SMILES string of the molecule is CC1(F)CCN(C(=O)c2nnc(-c3cscn3)o2)CC1. The van der Waals surface area contributed by atoms with E-state index in [1.165, 1.54) is 11.3 Å². The smallest absolute Gasteiger partial charge is 0.311 e. The highest BCUT2D eigenvalue weighted by molar-refractivity contribution is 7.07. The molecule has 0 aromatic carbocycles.